The van der Waals surface area contributed by atoms with Crippen molar-refractivity contribution in [2.75, 3.05) is 19.6 Å². The number of carbonyl (C=O) groups is 1. The van der Waals surface area contributed by atoms with Gasteiger partial charge in [0.25, 0.3) is 0 Å². The number of nitrogens with zero attached hydrogens (tertiary/aromatic N) is 1. The molecule has 1 saturated carbocycles. The van der Waals surface area contributed by atoms with Gasteiger partial charge in [-0.3, -0.25) is 0 Å². The first-order valence-corrected chi connectivity index (χ1v) is 8.07. The Morgan fingerprint density at radius 2 is 1.90 bits per heavy atom. The molecule has 0 aliphatic heterocycles. The van der Waals surface area contributed by atoms with E-state index in [1.54, 1.807) is 0 Å². The molecule has 0 heterocycles. The standard InChI is InChI=1S/C16H32N2O2/c1-6-13(7-2)12-17-10-11-18(14-8-9-14)15(19)20-16(3,4)5/h13-14,17H,6-12H2,1-5H3. The second kappa shape index (κ2) is 7.87. The van der Waals surface area contributed by atoms with Gasteiger partial charge in [-0.15, -0.1) is 0 Å². The molecule has 4 nitrogen and oxygen atoms in total. The molecule has 1 rings (SSSR count). The number of ether oxygens (including phenoxy) is 1. The minimum atomic E-state index is -0.410. The van der Waals surface area contributed by atoms with Crippen LogP contribution in [0.4, 0.5) is 4.79 Å². The zero-order valence-electron chi connectivity index (χ0n) is 13.9. The third-order valence-corrected chi connectivity index (χ3v) is 3.73. The Bertz CT molecular complexity index is 291. The van der Waals surface area contributed by atoms with Crippen molar-refractivity contribution in [3.63, 3.8) is 0 Å². The molecule has 0 bridgehead atoms. The van der Waals surface area contributed by atoms with Crippen LogP contribution < -0.4 is 5.32 Å². The van der Waals surface area contributed by atoms with Crippen molar-refractivity contribution in [1.29, 1.82) is 0 Å². The Morgan fingerprint density at radius 3 is 2.35 bits per heavy atom. The topological polar surface area (TPSA) is 41.6 Å². The van der Waals surface area contributed by atoms with Gasteiger partial charge in [-0.25, -0.2) is 4.79 Å². The van der Waals surface area contributed by atoms with Crippen LogP contribution in [-0.2, 0) is 4.74 Å². The minimum absolute atomic E-state index is 0.163. The summed E-state index contributed by atoms with van der Waals surface area (Å²) in [4.78, 5) is 14.1. The van der Waals surface area contributed by atoms with E-state index in [9.17, 15) is 4.79 Å². The van der Waals surface area contributed by atoms with Gasteiger partial charge in [0.15, 0.2) is 0 Å². The van der Waals surface area contributed by atoms with Crippen LogP contribution in [0, 0.1) is 5.92 Å². The largest absolute Gasteiger partial charge is 0.444 e. The van der Waals surface area contributed by atoms with Gasteiger partial charge in [-0.05, 0) is 46.1 Å². The lowest BCUT2D eigenvalue weighted by Gasteiger charge is -2.27. The smallest absolute Gasteiger partial charge is 0.410 e. The lowest BCUT2D eigenvalue weighted by Crippen LogP contribution is -2.42. The molecule has 0 unspecified atom stereocenters. The lowest BCUT2D eigenvalue weighted by atomic mass is 10.0. The quantitative estimate of drug-likeness (QED) is 0.694. The van der Waals surface area contributed by atoms with E-state index < -0.39 is 5.60 Å². The summed E-state index contributed by atoms with van der Waals surface area (Å²) in [6.45, 7) is 12.9. The summed E-state index contributed by atoms with van der Waals surface area (Å²) in [6.07, 6.45) is 4.49. The highest BCUT2D eigenvalue weighted by molar-refractivity contribution is 5.69. The monoisotopic (exact) mass is 284 g/mol. The Hall–Kier alpha value is -0.770. The van der Waals surface area contributed by atoms with Gasteiger partial charge in [0.2, 0.25) is 0 Å². The molecule has 0 radical (unpaired) electrons. The molecule has 0 aromatic carbocycles. The minimum Gasteiger partial charge on any atom is -0.444 e. The van der Waals surface area contributed by atoms with Crippen LogP contribution in [-0.4, -0.2) is 42.3 Å². The third kappa shape index (κ3) is 6.60. The van der Waals surface area contributed by atoms with Crippen molar-refractivity contribution in [2.24, 2.45) is 5.92 Å². The van der Waals surface area contributed by atoms with Crippen molar-refractivity contribution in [1.82, 2.24) is 10.2 Å². The SMILES string of the molecule is CCC(CC)CNCCN(C(=O)OC(C)(C)C)C1CC1. The van der Waals surface area contributed by atoms with E-state index in [-0.39, 0.29) is 6.09 Å². The molecular weight excluding hydrogens is 252 g/mol. The molecule has 1 amide bonds. The van der Waals surface area contributed by atoms with Crippen LogP contribution >= 0.6 is 0 Å². The fraction of sp³-hybridized carbons (Fsp3) is 0.938. The maximum absolute atomic E-state index is 12.2. The Labute approximate surface area is 124 Å². The average molecular weight is 284 g/mol. The van der Waals surface area contributed by atoms with Crippen LogP contribution in [0.5, 0.6) is 0 Å². The van der Waals surface area contributed by atoms with Gasteiger partial charge >= 0.3 is 6.09 Å². The summed E-state index contributed by atoms with van der Waals surface area (Å²) in [7, 11) is 0. The molecule has 1 aliphatic rings. The van der Waals surface area contributed by atoms with Gasteiger partial charge in [-0.1, -0.05) is 26.7 Å². The molecule has 0 spiro atoms. The van der Waals surface area contributed by atoms with Crippen molar-refractivity contribution in [2.45, 2.75) is 71.9 Å². The Balaban J connectivity index is 2.31. The molecule has 1 N–H and O–H groups in total. The van der Waals surface area contributed by atoms with Crippen LogP contribution in [0.15, 0.2) is 0 Å². The highest BCUT2D eigenvalue weighted by Crippen LogP contribution is 2.28. The summed E-state index contributed by atoms with van der Waals surface area (Å²) in [5.74, 6) is 0.742. The highest BCUT2D eigenvalue weighted by Gasteiger charge is 2.34. The van der Waals surface area contributed by atoms with E-state index in [2.05, 4.69) is 19.2 Å². The molecule has 118 valence electrons. The second-order valence-corrected chi connectivity index (χ2v) is 6.79. The molecular formula is C16H32N2O2. The number of amides is 1. The Morgan fingerprint density at radius 1 is 1.30 bits per heavy atom. The van der Waals surface area contributed by atoms with Crippen LogP contribution in [0.3, 0.4) is 0 Å². The fourth-order valence-electron chi connectivity index (χ4n) is 2.21. The molecule has 20 heavy (non-hydrogen) atoms. The average Bonchev–Trinajstić information content (AvgIpc) is 3.16. The zero-order chi connectivity index (χ0) is 15.2. The van der Waals surface area contributed by atoms with Crippen LogP contribution in [0.2, 0.25) is 0 Å². The summed E-state index contributed by atoms with van der Waals surface area (Å²) in [6, 6.07) is 0.403. The van der Waals surface area contributed by atoms with E-state index in [1.165, 1.54) is 12.8 Å². The van der Waals surface area contributed by atoms with E-state index in [0.717, 1.165) is 38.4 Å². The maximum Gasteiger partial charge on any atom is 0.410 e. The Kier molecular flexibility index (Phi) is 6.80. The van der Waals surface area contributed by atoms with E-state index in [1.807, 2.05) is 25.7 Å². The second-order valence-electron chi connectivity index (χ2n) is 6.79. The van der Waals surface area contributed by atoms with Gasteiger partial charge in [0.1, 0.15) is 5.60 Å². The van der Waals surface area contributed by atoms with Gasteiger partial charge in [-0.2, -0.15) is 0 Å². The summed E-state index contributed by atoms with van der Waals surface area (Å²) < 4.78 is 5.48. The first-order valence-electron chi connectivity index (χ1n) is 8.07. The van der Waals surface area contributed by atoms with Crippen molar-refractivity contribution < 1.29 is 9.53 Å². The normalized spacial score (nSPS) is 15.5. The highest BCUT2D eigenvalue weighted by atomic mass is 16.6. The third-order valence-electron chi connectivity index (χ3n) is 3.73. The lowest BCUT2D eigenvalue weighted by molar-refractivity contribution is 0.0235. The van der Waals surface area contributed by atoms with Crippen molar-refractivity contribution in [3.05, 3.63) is 0 Å². The van der Waals surface area contributed by atoms with Crippen LogP contribution in [0.25, 0.3) is 0 Å². The van der Waals surface area contributed by atoms with Crippen LogP contribution in [0.1, 0.15) is 60.3 Å². The predicted octanol–water partition coefficient (Wildman–Crippen LogP) is 3.41. The maximum atomic E-state index is 12.2. The molecule has 0 atom stereocenters. The van der Waals surface area contributed by atoms with E-state index in [0.29, 0.717) is 6.04 Å². The fourth-order valence-corrected chi connectivity index (χ4v) is 2.21. The first kappa shape index (κ1) is 17.3. The first-order chi connectivity index (χ1) is 9.37. The number of nitrogens with one attached hydrogen (secondary N) is 1. The van der Waals surface area contributed by atoms with Crippen molar-refractivity contribution in [3.8, 4) is 0 Å². The summed E-state index contributed by atoms with van der Waals surface area (Å²) in [5.41, 5.74) is -0.410. The number of rotatable bonds is 8. The van der Waals surface area contributed by atoms with Gasteiger partial charge < -0.3 is 15.0 Å². The van der Waals surface area contributed by atoms with E-state index in [4.69, 9.17) is 4.74 Å². The number of carbonyl (C=O) groups excluding carboxylic acids is 1. The molecule has 0 aromatic rings. The molecule has 4 heteroatoms. The molecule has 0 aromatic heterocycles. The zero-order valence-corrected chi connectivity index (χ0v) is 13.9. The van der Waals surface area contributed by atoms with Gasteiger partial charge in [0, 0.05) is 19.1 Å². The molecule has 1 fully saturated rings. The molecule has 1 aliphatic carbocycles. The number of hydrogen-bond donors (Lipinski definition) is 1. The predicted molar refractivity (Wildman–Crippen MR) is 82.9 cm³/mol. The van der Waals surface area contributed by atoms with Gasteiger partial charge in [0.05, 0.1) is 0 Å². The molecule has 0 saturated heterocycles. The summed E-state index contributed by atoms with van der Waals surface area (Å²) in [5, 5.41) is 3.47. The van der Waals surface area contributed by atoms with Crippen molar-refractivity contribution >= 4 is 6.09 Å². The number of hydrogen-bond acceptors (Lipinski definition) is 3. The van der Waals surface area contributed by atoms with E-state index >= 15 is 0 Å². The summed E-state index contributed by atoms with van der Waals surface area (Å²) >= 11 is 0.